The molecule has 0 radical (unpaired) electrons. The Labute approximate surface area is 139 Å². The Bertz CT molecular complexity index is 641. The molecule has 122 valence electrons. The molecular formula is C16H18ClN3O3. The maximum atomic E-state index is 11.7. The van der Waals surface area contributed by atoms with Gasteiger partial charge in [-0.3, -0.25) is 10.1 Å². The van der Waals surface area contributed by atoms with E-state index in [0.29, 0.717) is 10.8 Å². The maximum absolute atomic E-state index is 11.7. The summed E-state index contributed by atoms with van der Waals surface area (Å²) in [7, 11) is 0. The smallest absolute Gasteiger partial charge is 0.321 e. The zero-order valence-electron chi connectivity index (χ0n) is 12.6. The van der Waals surface area contributed by atoms with Crippen molar-refractivity contribution < 1.29 is 14.0 Å². The van der Waals surface area contributed by atoms with Gasteiger partial charge < -0.3 is 15.1 Å². The molecule has 2 rings (SSSR count). The molecule has 0 unspecified atom stereocenters. The predicted molar refractivity (Wildman–Crippen MR) is 87.0 cm³/mol. The monoisotopic (exact) mass is 335 g/mol. The van der Waals surface area contributed by atoms with Crippen LogP contribution in [0.5, 0.6) is 0 Å². The first kappa shape index (κ1) is 17.1. The molecule has 0 aliphatic carbocycles. The van der Waals surface area contributed by atoms with Gasteiger partial charge in [-0.15, -0.1) is 0 Å². The summed E-state index contributed by atoms with van der Waals surface area (Å²) in [4.78, 5) is 23.3. The van der Waals surface area contributed by atoms with Gasteiger partial charge in [0.2, 0.25) is 5.91 Å². The van der Waals surface area contributed by atoms with Crippen molar-refractivity contribution in [1.29, 1.82) is 0 Å². The lowest BCUT2D eigenvalue weighted by Crippen LogP contribution is -2.43. The van der Waals surface area contributed by atoms with Gasteiger partial charge in [0, 0.05) is 11.1 Å². The van der Waals surface area contributed by atoms with E-state index in [0.717, 1.165) is 5.56 Å². The third-order valence-corrected chi connectivity index (χ3v) is 3.45. The molecule has 1 atom stereocenters. The summed E-state index contributed by atoms with van der Waals surface area (Å²) in [5.41, 5.74) is 1.00. The van der Waals surface area contributed by atoms with E-state index in [1.54, 1.807) is 24.3 Å². The Morgan fingerprint density at radius 3 is 2.61 bits per heavy atom. The van der Waals surface area contributed by atoms with Crippen molar-refractivity contribution in [2.24, 2.45) is 0 Å². The number of hydrogen-bond donors (Lipinski definition) is 3. The number of urea groups is 1. The first-order valence-electron chi connectivity index (χ1n) is 7.13. The first-order valence-corrected chi connectivity index (χ1v) is 7.51. The molecule has 0 saturated heterocycles. The highest BCUT2D eigenvalue weighted by Crippen LogP contribution is 2.15. The number of amides is 3. The van der Waals surface area contributed by atoms with Gasteiger partial charge in [0.25, 0.3) is 0 Å². The fourth-order valence-electron chi connectivity index (χ4n) is 1.91. The lowest BCUT2D eigenvalue weighted by molar-refractivity contribution is -0.119. The topological polar surface area (TPSA) is 83.4 Å². The number of carbonyl (C=O) groups excluding carboxylic acids is 2. The van der Waals surface area contributed by atoms with E-state index in [9.17, 15) is 9.59 Å². The summed E-state index contributed by atoms with van der Waals surface area (Å²) in [6.45, 7) is 2.17. The molecule has 1 aromatic carbocycles. The SMILES string of the molecule is C[C@H](NCC(=O)NC(=O)NCc1ccco1)c1ccc(Cl)cc1. The summed E-state index contributed by atoms with van der Waals surface area (Å²) in [5.74, 6) is 0.199. The number of furan rings is 1. The highest BCUT2D eigenvalue weighted by molar-refractivity contribution is 6.30. The second kappa shape index (κ2) is 8.36. The van der Waals surface area contributed by atoms with Crippen LogP contribution in [0.25, 0.3) is 0 Å². The molecule has 0 spiro atoms. The van der Waals surface area contributed by atoms with Gasteiger partial charge in [-0.1, -0.05) is 23.7 Å². The van der Waals surface area contributed by atoms with Crippen LogP contribution in [0.15, 0.2) is 47.1 Å². The average molecular weight is 336 g/mol. The van der Waals surface area contributed by atoms with Crippen molar-refractivity contribution in [1.82, 2.24) is 16.0 Å². The molecule has 1 aromatic heterocycles. The fraction of sp³-hybridized carbons (Fsp3) is 0.250. The van der Waals surface area contributed by atoms with Crippen molar-refractivity contribution in [3.8, 4) is 0 Å². The van der Waals surface area contributed by atoms with Gasteiger partial charge >= 0.3 is 6.03 Å². The number of hydrogen-bond acceptors (Lipinski definition) is 4. The molecule has 3 amide bonds. The van der Waals surface area contributed by atoms with Crippen molar-refractivity contribution in [2.45, 2.75) is 19.5 Å². The summed E-state index contributed by atoms with van der Waals surface area (Å²) in [6.07, 6.45) is 1.52. The van der Waals surface area contributed by atoms with Gasteiger partial charge in [0.15, 0.2) is 0 Å². The number of carbonyl (C=O) groups is 2. The fourth-order valence-corrected chi connectivity index (χ4v) is 2.04. The second-order valence-electron chi connectivity index (χ2n) is 4.96. The number of benzene rings is 1. The largest absolute Gasteiger partial charge is 0.467 e. The third kappa shape index (κ3) is 5.77. The van der Waals surface area contributed by atoms with Crippen LogP contribution in [-0.4, -0.2) is 18.5 Å². The van der Waals surface area contributed by atoms with Gasteiger partial charge in [0.1, 0.15) is 5.76 Å². The van der Waals surface area contributed by atoms with Crippen LogP contribution in [0, 0.1) is 0 Å². The van der Waals surface area contributed by atoms with Crippen LogP contribution >= 0.6 is 11.6 Å². The van der Waals surface area contributed by atoms with E-state index in [1.807, 2.05) is 19.1 Å². The lowest BCUT2D eigenvalue weighted by atomic mass is 10.1. The summed E-state index contributed by atoms with van der Waals surface area (Å²) < 4.78 is 5.08. The predicted octanol–water partition coefficient (Wildman–Crippen LogP) is 2.61. The number of nitrogens with one attached hydrogen (secondary N) is 3. The van der Waals surface area contributed by atoms with Gasteiger partial charge in [-0.05, 0) is 36.8 Å². The third-order valence-electron chi connectivity index (χ3n) is 3.20. The molecule has 0 aliphatic heterocycles. The molecule has 0 aliphatic rings. The van der Waals surface area contributed by atoms with Crippen LogP contribution in [-0.2, 0) is 11.3 Å². The maximum Gasteiger partial charge on any atom is 0.321 e. The Morgan fingerprint density at radius 2 is 1.96 bits per heavy atom. The molecule has 6 nitrogen and oxygen atoms in total. The standard InChI is InChI=1S/C16H18ClN3O3/c1-11(12-4-6-13(17)7-5-12)18-10-15(21)20-16(22)19-9-14-3-2-8-23-14/h2-8,11,18H,9-10H2,1H3,(H2,19,20,21,22)/t11-/m0/s1. The molecule has 0 bridgehead atoms. The highest BCUT2D eigenvalue weighted by Gasteiger charge is 2.10. The van der Waals surface area contributed by atoms with Crippen LogP contribution in [0.3, 0.4) is 0 Å². The molecule has 2 aromatic rings. The van der Waals surface area contributed by atoms with Gasteiger partial charge in [0.05, 0.1) is 19.4 Å². The van der Waals surface area contributed by atoms with Crippen LogP contribution < -0.4 is 16.0 Å². The minimum Gasteiger partial charge on any atom is -0.467 e. The van der Waals surface area contributed by atoms with E-state index in [2.05, 4.69) is 16.0 Å². The Hall–Kier alpha value is -2.31. The molecule has 23 heavy (non-hydrogen) atoms. The number of imide groups is 1. The van der Waals surface area contributed by atoms with Crippen molar-refractivity contribution in [3.05, 3.63) is 59.0 Å². The zero-order chi connectivity index (χ0) is 16.7. The van der Waals surface area contributed by atoms with Crippen LogP contribution in [0.2, 0.25) is 5.02 Å². The van der Waals surface area contributed by atoms with E-state index in [4.69, 9.17) is 16.0 Å². The highest BCUT2D eigenvalue weighted by atomic mass is 35.5. The van der Waals surface area contributed by atoms with Gasteiger partial charge in [-0.2, -0.15) is 0 Å². The Morgan fingerprint density at radius 1 is 1.22 bits per heavy atom. The lowest BCUT2D eigenvalue weighted by Gasteiger charge is -2.14. The first-order chi connectivity index (χ1) is 11.0. The summed E-state index contributed by atoms with van der Waals surface area (Å²) >= 11 is 5.83. The zero-order valence-corrected chi connectivity index (χ0v) is 13.4. The van der Waals surface area contributed by atoms with Crippen molar-refractivity contribution in [2.75, 3.05) is 6.54 Å². The summed E-state index contributed by atoms with van der Waals surface area (Å²) in [6, 6.07) is 10.2. The van der Waals surface area contributed by atoms with Crippen molar-refractivity contribution >= 4 is 23.5 Å². The van der Waals surface area contributed by atoms with E-state index in [1.165, 1.54) is 6.26 Å². The normalized spacial score (nSPS) is 11.7. The van der Waals surface area contributed by atoms with E-state index < -0.39 is 11.9 Å². The van der Waals surface area contributed by atoms with Gasteiger partial charge in [-0.25, -0.2) is 4.79 Å². The van der Waals surface area contributed by atoms with E-state index >= 15 is 0 Å². The molecule has 0 saturated carbocycles. The second-order valence-corrected chi connectivity index (χ2v) is 5.40. The minimum absolute atomic E-state index is 0.0258. The quantitative estimate of drug-likeness (QED) is 0.757. The molecule has 3 N–H and O–H groups in total. The molecule has 0 fully saturated rings. The Balaban J connectivity index is 1.69. The number of rotatable bonds is 6. The van der Waals surface area contributed by atoms with E-state index in [-0.39, 0.29) is 19.1 Å². The summed E-state index contributed by atoms with van der Waals surface area (Å²) in [5, 5.41) is 8.48. The molecular weight excluding hydrogens is 318 g/mol. The molecule has 1 heterocycles. The molecule has 7 heteroatoms. The van der Waals surface area contributed by atoms with Crippen LogP contribution in [0.1, 0.15) is 24.3 Å². The minimum atomic E-state index is -0.563. The Kier molecular flexibility index (Phi) is 6.19. The average Bonchev–Trinajstić information content (AvgIpc) is 3.05. The number of halogens is 1. The van der Waals surface area contributed by atoms with Crippen LogP contribution in [0.4, 0.5) is 4.79 Å². The van der Waals surface area contributed by atoms with Crippen molar-refractivity contribution in [3.63, 3.8) is 0 Å².